The Morgan fingerprint density at radius 3 is 2.62 bits per heavy atom. The van der Waals surface area contributed by atoms with E-state index >= 15 is 0 Å². The maximum absolute atomic E-state index is 13.0. The van der Waals surface area contributed by atoms with Crippen LogP contribution in [0.3, 0.4) is 0 Å². The first-order valence-electron chi connectivity index (χ1n) is 12.0. The molecule has 0 aliphatic carbocycles. The van der Waals surface area contributed by atoms with E-state index in [0.29, 0.717) is 40.8 Å². The Morgan fingerprint density at radius 2 is 1.95 bits per heavy atom. The van der Waals surface area contributed by atoms with Crippen LogP contribution in [0.15, 0.2) is 53.0 Å². The molecular formula is C28H31BrN2O6. The molecule has 196 valence electrons. The highest BCUT2D eigenvalue weighted by Crippen LogP contribution is 2.44. The Labute approximate surface area is 224 Å². The lowest BCUT2D eigenvalue weighted by atomic mass is 9.88. The molecule has 37 heavy (non-hydrogen) atoms. The van der Waals surface area contributed by atoms with Gasteiger partial charge in [0.25, 0.3) is 0 Å². The lowest BCUT2D eigenvalue weighted by Crippen LogP contribution is -2.35. The molecule has 1 aliphatic rings. The third kappa shape index (κ3) is 5.80. The number of rotatable bonds is 10. The molecular weight excluding hydrogens is 540 g/mol. The van der Waals surface area contributed by atoms with Gasteiger partial charge in [-0.05, 0) is 56.7 Å². The Hall–Kier alpha value is -2.98. The zero-order chi connectivity index (χ0) is 26.8. The second kappa shape index (κ2) is 10.8. The number of methoxy groups -OCH3 is 1. The summed E-state index contributed by atoms with van der Waals surface area (Å²) in [5, 5.41) is 20.5. The minimum Gasteiger partial charge on any atom is -0.493 e. The van der Waals surface area contributed by atoms with Crippen molar-refractivity contribution in [3.63, 3.8) is 0 Å². The molecule has 2 unspecified atom stereocenters. The zero-order valence-corrected chi connectivity index (χ0v) is 22.7. The van der Waals surface area contributed by atoms with Crippen LogP contribution < -0.4 is 19.9 Å². The third-order valence-corrected chi connectivity index (χ3v) is 6.98. The number of carbonyl (C=O) groups excluding carboxylic acids is 1. The number of ketones is 1. The van der Waals surface area contributed by atoms with Crippen LogP contribution in [0.5, 0.6) is 17.2 Å². The van der Waals surface area contributed by atoms with E-state index in [1.807, 2.05) is 31.2 Å². The molecule has 0 fully saturated rings. The van der Waals surface area contributed by atoms with Crippen LogP contribution in [0.2, 0.25) is 0 Å². The first-order valence-corrected chi connectivity index (χ1v) is 12.8. The number of Topliss-reactive ketones (excluding diaryl/α,β-unsaturated/α-hetero) is 1. The van der Waals surface area contributed by atoms with Crippen molar-refractivity contribution in [3.05, 3.63) is 69.8 Å². The fourth-order valence-corrected chi connectivity index (χ4v) is 4.49. The first-order chi connectivity index (χ1) is 17.6. The van der Waals surface area contributed by atoms with E-state index in [4.69, 9.17) is 30.0 Å². The molecule has 0 radical (unpaired) electrons. The van der Waals surface area contributed by atoms with Gasteiger partial charge in [0.15, 0.2) is 23.0 Å². The SMILES string of the molecule is COc1cc(C(=O)CCC(C)(O)c2cc3c(c(-c4ccc(Br)cc4)n2)OCC3(C)N)ccc1OCCO. The number of nitrogens with zero attached hydrogens (tertiary/aromatic N) is 1. The molecule has 4 N–H and O–H groups in total. The molecule has 0 bridgehead atoms. The number of benzene rings is 2. The number of aliphatic hydroxyl groups excluding tert-OH is 1. The Bertz CT molecular complexity index is 1290. The fraction of sp³-hybridized carbons (Fsp3) is 0.357. The molecule has 0 amide bonds. The van der Waals surface area contributed by atoms with Crippen LogP contribution in [0.1, 0.15) is 48.3 Å². The van der Waals surface area contributed by atoms with Crippen LogP contribution >= 0.6 is 15.9 Å². The van der Waals surface area contributed by atoms with Crippen LogP contribution in [-0.2, 0) is 11.1 Å². The average Bonchev–Trinajstić information content (AvgIpc) is 3.20. The summed E-state index contributed by atoms with van der Waals surface area (Å²) in [5.74, 6) is 1.29. The van der Waals surface area contributed by atoms with Crippen LogP contribution in [0.25, 0.3) is 11.3 Å². The van der Waals surface area contributed by atoms with E-state index < -0.39 is 11.1 Å². The second-order valence-electron chi connectivity index (χ2n) is 9.58. The number of nitrogens with two attached hydrogens (primary N) is 1. The van der Waals surface area contributed by atoms with Gasteiger partial charge in [-0.15, -0.1) is 0 Å². The fourth-order valence-electron chi connectivity index (χ4n) is 4.23. The van der Waals surface area contributed by atoms with Gasteiger partial charge in [-0.25, -0.2) is 4.98 Å². The van der Waals surface area contributed by atoms with Crippen LogP contribution in [0, 0.1) is 0 Å². The average molecular weight is 571 g/mol. The highest BCUT2D eigenvalue weighted by molar-refractivity contribution is 9.10. The monoisotopic (exact) mass is 570 g/mol. The molecule has 2 atom stereocenters. The summed E-state index contributed by atoms with van der Waals surface area (Å²) < 4.78 is 17.6. The maximum Gasteiger partial charge on any atom is 0.163 e. The largest absolute Gasteiger partial charge is 0.493 e. The molecule has 4 rings (SSSR count). The third-order valence-electron chi connectivity index (χ3n) is 6.45. The second-order valence-corrected chi connectivity index (χ2v) is 10.5. The van der Waals surface area contributed by atoms with Gasteiger partial charge in [0, 0.05) is 27.6 Å². The van der Waals surface area contributed by atoms with E-state index in [-0.39, 0.29) is 31.8 Å². The Balaban J connectivity index is 1.60. The van der Waals surface area contributed by atoms with E-state index in [9.17, 15) is 9.90 Å². The standard InChI is InChI=1S/C28H31BrN2O6/c1-27(30)16-37-26-20(27)15-24(31-25(26)17-4-7-19(29)8-5-17)28(2,34)11-10-21(33)18-6-9-22(36-13-12-32)23(14-18)35-3/h4-9,14-15,32,34H,10-13,16,30H2,1-3H3. The van der Waals surface area contributed by atoms with Crippen molar-refractivity contribution in [3.8, 4) is 28.5 Å². The molecule has 2 heterocycles. The maximum atomic E-state index is 13.0. The molecule has 0 saturated heterocycles. The normalized spacial score (nSPS) is 18.0. The minimum absolute atomic E-state index is 0.0791. The number of aromatic nitrogens is 1. The number of halogens is 1. The molecule has 0 saturated carbocycles. The summed E-state index contributed by atoms with van der Waals surface area (Å²) in [5.41, 5.74) is 7.43. The number of carbonyl (C=O) groups is 1. The van der Waals surface area contributed by atoms with Crippen LogP contribution in [-0.4, -0.2) is 47.9 Å². The predicted molar refractivity (Wildman–Crippen MR) is 143 cm³/mol. The molecule has 2 aromatic carbocycles. The highest BCUT2D eigenvalue weighted by Gasteiger charge is 2.38. The van der Waals surface area contributed by atoms with Gasteiger partial charge in [-0.3, -0.25) is 4.79 Å². The molecule has 3 aromatic rings. The summed E-state index contributed by atoms with van der Waals surface area (Å²) >= 11 is 3.45. The van der Waals surface area contributed by atoms with Crippen molar-refractivity contribution in [2.45, 2.75) is 37.8 Å². The first kappa shape index (κ1) is 27.1. The zero-order valence-electron chi connectivity index (χ0n) is 21.1. The number of hydrogen-bond acceptors (Lipinski definition) is 8. The van der Waals surface area contributed by atoms with Crippen LogP contribution in [0.4, 0.5) is 0 Å². The Morgan fingerprint density at radius 1 is 1.22 bits per heavy atom. The Kier molecular flexibility index (Phi) is 7.89. The van der Waals surface area contributed by atoms with Gasteiger partial charge < -0.3 is 30.2 Å². The number of hydrogen-bond donors (Lipinski definition) is 3. The van der Waals surface area contributed by atoms with Gasteiger partial charge in [-0.1, -0.05) is 28.1 Å². The van der Waals surface area contributed by atoms with E-state index in [0.717, 1.165) is 15.6 Å². The lowest BCUT2D eigenvalue weighted by Gasteiger charge is -2.25. The summed E-state index contributed by atoms with van der Waals surface area (Å²) in [6.07, 6.45) is 0.223. The molecule has 1 aliphatic heterocycles. The molecule has 8 nitrogen and oxygen atoms in total. The number of aliphatic hydroxyl groups is 2. The van der Waals surface area contributed by atoms with Crippen molar-refractivity contribution in [1.29, 1.82) is 0 Å². The predicted octanol–water partition coefficient (Wildman–Crippen LogP) is 4.33. The summed E-state index contributed by atoms with van der Waals surface area (Å²) in [7, 11) is 1.48. The van der Waals surface area contributed by atoms with E-state index in [2.05, 4.69) is 15.9 Å². The van der Waals surface area contributed by atoms with Gasteiger partial charge in [0.05, 0.1) is 24.9 Å². The van der Waals surface area contributed by atoms with Gasteiger partial charge >= 0.3 is 0 Å². The molecule has 9 heteroatoms. The van der Waals surface area contributed by atoms with Gasteiger partial charge in [0.1, 0.15) is 24.5 Å². The number of pyridine rings is 1. The van der Waals surface area contributed by atoms with Gasteiger partial charge in [-0.2, -0.15) is 0 Å². The number of ether oxygens (including phenoxy) is 3. The number of fused-ring (bicyclic) bond motifs is 1. The molecule has 1 aromatic heterocycles. The summed E-state index contributed by atoms with van der Waals surface area (Å²) in [4.78, 5) is 17.8. The molecule has 0 spiro atoms. The van der Waals surface area contributed by atoms with Crippen molar-refractivity contribution in [2.24, 2.45) is 5.73 Å². The van der Waals surface area contributed by atoms with Crippen molar-refractivity contribution >= 4 is 21.7 Å². The van der Waals surface area contributed by atoms with Crippen molar-refractivity contribution in [2.75, 3.05) is 26.9 Å². The highest BCUT2D eigenvalue weighted by atomic mass is 79.9. The van der Waals surface area contributed by atoms with E-state index in [1.165, 1.54) is 7.11 Å². The minimum atomic E-state index is -1.40. The smallest absolute Gasteiger partial charge is 0.163 e. The van der Waals surface area contributed by atoms with Crippen molar-refractivity contribution < 1.29 is 29.2 Å². The summed E-state index contributed by atoms with van der Waals surface area (Å²) in [6, 6.07) is 14.3. The summed E-state index contributed by atoms with van der Waals surface area (Å²) in [6.45, 7) is 3.82. The quantitative estimate of drug-likeness (QED) is 0.308. The van der Waals surface area contributed by atoms with Crippen molar-refractivity contribution in [1.82, 2.24) is 4.98 Å². The topological polar surface area (TPSA) is 124 Å². The van der Waals surface area contributed by atoms with Gasteiger partial charge in [0.2, 0.25) is 0 Å². The van der Waals surface area contributed by atoms with E-state index in [1.54, 1.807) is 31.2 Å². The lowest BCUT2D eigenvalue weighted by molar-refractivity contribution is 0.0396.